The van der Waals surface area contributed by atoms with Crippen molar-refractivity contribution in [2.45, 2.75) is 53.4 Å². The molecule has 0 saturated heterocycles. The van der Waals surface area contributed by atoms with Crippen LogP contribution in [0.25, 0.3) is 0 Å². The minimum absolute atomic E-state index is 0.0868. The van der Waals surface area contributed by atoms with Crippen molar-refractivity contribution in [3.8, 4) is 5.75 Å². The van der Waals surface area contributed by atoms with E-state index in [1.807, 2.05) is 0 Å². The van der Waals surface area contributed by atoms with E-state index in [1.165, 1.54) is 11.1 Å². The molecule has 0 bridgehead atoms. The second kappa shape index (κ2) is 4.72. The third-order valence-corrected chi connectivity index (χ3v) is 4.23. The van der Waals surface area contributed by atoms with Crippen molar-refractivity contribution in [3.05, 3.63) is 29.3 Å². The summed E-state index contributed by atoms with van der Waals surface area (Å²) < 4.78 is 5.65. The van der Waals surface area contributed by atoms with Crippen LogP contribution in [0.3, 0.4) is 0 Å². The molecule has 0 spiro atoms. The first-order valence-electron chi connectivity index (χ1n) is 6.42. The van der Waals surface area contributed by atoms with Crippen molar-refractivity contribution in [1.29, 1.82) is 0 Å². The lowest BCUT2D eigenvalue weighted by atomic mass is 9.65. The lowest BCUT2D eigenvalue weighted by Crippen LogP contribution is -2.34. The highest BCUT2D eigenvalue weighted by Crippen LogP contribution is 2.45. The van der Waals surface area contributed by atoms with Crippen molar-refractivity contribution in [2.75, 3.05) is 7.11 Å². The van der Waals surface area contributed by atoms with Crippen LogP contribution in [0, 0.1) is 5.41 Å². The zero-order valence-electron chi connectivity index (χ0n) is 12.3. The smallest absolute Gasteiger partial charge is 0.125 e. The van der Waals surface area contributed by atoms with Gasteiger partial charge in [-0.2, -0.15) is 0 Å². The zero-order chi connectivity index (χ0) is 13.3. The number of aryl methyl sites for hydroxylation is 1. The Morgan fingerprint density at radius 3 is 2.06 bits per heavy atom. The van der Waals surface area contributed by atoms with Gasteiger partial charge in [0, 0.05) is 5.56 Å². The molecular weight excluding hydrogens is 208 g/mol. The van der Waals surface area contributed by atoms with Gasteiger partial charge < -0.3 is 4.74 Å². The minimum Gasteiger partial charge on any atom is -0.496 e. The average molecular weight is 234 g/mol. The summed E-state index contributed by atoms with van der Waals surface area (Å²) in [5.74, 6) is 1.06. The van der Waals surface area contributed by atoms with Gasteiger partial charge >= 0.3 is 0 Å². The van der Waals surface area contributed by atoms with Gasteiger partial charge in [-0.1, -0.05) is 59.7 Å². The summed E-state index contributed by atoms with van der Waals surface area (Å²) in [6.45, 7) is 13.6. The molecule has 0 heterocycles. The Labute approximate surface area is 106 Å². The minimum atomic E-state index is 0.0868. The van der Waals surface area contributed by atoms with Crippen molar-refractivity contribution in [3.63, 3.8) is 0 Å². The van der Waals surface area contributed by atoms with E-state index >= 15 is 0 Å². The molecule has 0 aliphatic carbocycles. The van der Waals surface area contributed by atoms with Gasteiger partial charge in [-0.05, 0) is 22.8 Å². The first-order valence-corrected chi connectivity index (χ1v) is 6.42. The van der Waals surface area contributed by atoms with E-state index < -0.39 is 0 Å². The molecule has 0 unspecified atom stereocenters. The van der Waals surface area contributed by atoms with Gasteiger partial charge in [-0.3, -0.25) is 0 Å². The maximum atomic E-state index is 5.65. The topological polar surface area (TPSA) is 9.23 Å². The lowest BCUT2D eigenvalue weighted by molar-refractivity contribution is 0.218. The molecule has 0 amide bonds. The number of hydrogen-bond acceptors (Lipinski definition) is 1. The largest absolute Gasteiger partial charge is 0.496 e. The third-order valence-electron chi connectivity index (χ3n) is 4.23. The van der Waals surface area contributed by atoms with E-state index in [2.05, 4.69) is 59.7 Å². The van der Waals surface area contributed by atoms with Gasteiger partial charge in [-0.15, -0.1) is 0 Å². The molecule has 1 nitrogen and oxygen atoms in total. The molecule has 0 radical (unpaired) electrons. The quantitative estimate of drug-likeness (QED) is 0.743. The van der Waals surface area contributed by atoms with Crippen molar-refractivity contribution < 1.29 is 4.74 Å². The summed E-state index contributed by atoms with van der Waals surface area (Å²) in [5, 5.41) is 0. The van der Waals surface area contributed by atoms with Gasteiger partial charge in [0.2, 0.25) is 0 Å². The SMILES string of the molecule is CCc1cccc(C(C)(C)C(C)(C)C)c1OC. The Morgan fingerprint density at radius 2 is 1.65 bits per heavy atom. The number of ether oxygens (including phenoxy) is 1. The predicted octanol–water partition coefficient (Wildman–Crippen LogP) is 4.58. The maximum Gasteiger partial charge on any atom is 0.125 e. The summed E-state index contributed by atoms with van der Waals surface area (Å²) in [4.78, 5) is 0. The fourth-order valence-corrected chi connectivity index (χ4v) is 2.00. The fraction of sp³-hybridized carbons (Fsp3) is 0.625. The molecule has 0 aromatic heterocycles. The predicted molar refractivity (Wildman–Crippen MR) is 74.9 cm³/mol. The standard InChI is InChI=1S/C16H26O/c1-8-12-10-9-11-13(14(12)17-7)16(5,6)15(2,3)4/h9-11H,8H2,1-7H3. The Kier molecular flexibility index (Phi) is 3.91. The van der Waals surface area contributed by atoms with E-state index in [9.17, 15) is 0 Å². The first-order chi connectivity index (χ1) is 7.75. The lowest BCUT2D eigenvalue weighted by Gasteiger charge is -2.40. The van der Waals surface area contributed by atoms with Crippen LogP contribution in [0.5, 0.6) is 5.75 Å². The monoisotopic (exact) mass is 234 g/mol. The molecule has 96 valence electrons. The summed E-state index contributed by atoms with van der Waals surface area (Å²) in [6.07, 6.45) is 1.01. The van der Waals surface area contributed by atoms with Gasteiger partial charge in [0.1, 0.15) is 5.75 Å². The second-order valence-electron chi connectivity index (χ2n) is 6.23. The third kappa shape index (κ3) is 2.48. The molecule has 1 aromatic rings. The summed E-state index contributed by atoms with van der Waals surface area (Å²) in [6, 6.07) is 6.49. The van der Waals surface area contributed by atoms with E-state index in [1.54, 1.807) is 7.11 Å². The van der Waals surface area contributed by atoms with Crippen LogP contribution in [0.1, 0.15) is 52.7 Å². The molecule has 0 fully saturated rings. The summed E-state index contributed by atoms with van der Waals surface area (Å²) in [5.41, 5.74) is 2.89. The number of hydrogen-bond donors (Lipinski definition) is 0. The van der Waals surface area contributed by atoms with E-state index in [4.69, 9.17) is 4.74 Å². The van der Waals surface area contributed by atoms with Crippen LogP contribution in [0.2, 0.25) is 0 Å². The van der Waals surface area contributed by atoms with Gasteiger partial charge in [-0.25, -0.2) is 0 Å². The Bertz CT molecular complexity index is 383. The van der Waals surface area contributed by atoms with Crippen LogP contribution < -0.4 is 4.74 Å². The summed E-state index contributed by atoms with van der Waals surface area (Å²) >= 11 is 0. The van der Waals surface area contributed by atoms with Crippen LogP contribution in [-0.4, -0.2) is 7.11 Å². The highest BCUT2D eigenvalue weighted by atomic mass is 16.5. The van der Waals surface area contributed by atoms with Gasteiger partial charge in [0.05, 0.1) is 7.11 Å². The number of benzene rings is 1. The van der Waals surface area contributed by atoms with E-state index in [-0.39, 0.29) is 10.8 Å². The normalized spacial score (nSPS) is 12.6. The maximum absolute atomic E-state index is 5.65. The molecule has 1 rings (SSSR count). The van der Waals surface area contributed by atoms with Crippen LogP contribution >= 0.6 is 0 Å². The number of rotatable bonds is 3. The van der Waals surface area contributed by atoms with Gasteiger partial charge in [0.25, 0.3) is 0 Å². The Balaban J connectivity index is 3.41. The first kappa shape index (κ1) is 14.1. The molecule has 0 saturated carbocycles. The van der Waals surface area contributed by atoms with Crippen molar-refractivity contribution >= 4 is 0 Å². The molecule has 17 heavy (non-hydrogen) atoms. The van der Waals surface area contributed by atoms with Crippen LogP contribution in [0.15, 0.2) is 18.2 Å². The van der Waals surface area contributed by atoms with E-state index in [0.29, 0.717) is 0 Å². The van der Waals surface area contributed by atoms with Crippen LogP contribution in [-0.2, 0) is 11.8 Å². The average Bonchev–Trinajstić information content (AvgIpc) is 2.26. The molecule has 0 atom stereocenters. The zero-order valence-corrected chi connectivity index (χ0v) is 12.3. The Hall–Kier alpha value is -0.980. The highest BCUT2D eigenvalue weighted by Gasteiger charge is 2.36. The number of methoxy groups -OCH3 is 1. The molecule has 1 heteroatoms. The molecule has 1 aromatic carbocycles. The summed E-state index contributed by atoms with van der Waals surface area (Å²) in [7, 11) is 1.77. The highest BCUT2D eigenvalue weighted by molar-refractivity contribution is 5.46. The fourth-order valence-electron chi connectivity index (χ4n) is 2.00. The van der Waals surface area contributed by atoms with Crippen molar-refractivity contribution in [2.24, 2.45) is 5.41 Å². The molecular formula is C16H26O. The molecule has 0 aliphatic heterocycles. The second-order valence-corrected chi connectivity index (χ2v) is 6.23. The molecule has 0 N–H and O–H groups in total. The van der Waals surface area contributed by atoms with E-state index in [0.717, 1.165) is 12.2 Å². The molecule has 0 aliphatic rings. The van der Waals surface area contributed by atoms with Crippen LogP contribution in [0.4, 0.5) is 0 Å². The van der Waals surface area contributed by atoms with Gasteiger partial charge in [0.15, 0.2) is 0 Å². The number of para-hydroxylation sites is 1. The Morgan fingerprint density at radius 1 is 1.06 bits per heavy atom. The van der Waals surface area contributed by atoms with Crippen molar-refractivity contribution in [1.82, 2.24) is 0 Å².